The predicted octanol–water partition coefficient (Wildman–Crippen LogP) is 4.72. The minimum atomic E-state index is 0.249. The largest absolute Gasteiger partial charge is 0.316 e. The lowest BCUT2D eigenvalue weighted by Crippen LogP contribution is -2.27. The van der Waals surface area contributed by atoms with Crippen molar-refractivity contribution in [1.29, 1.82) is 0 Å². The van der Waals surface area contributed by atoms with Crippen molar-refractivity contribution in [3.8, 4) is 0 Å². The molecule has 0 aromatic heterocycles. The molecular weight excluding hydrogens is 230 g/mol. The molecule has 0 radical (unpaired) electrons. The molecule has 0 fully saturated rings. The van der Waals surface area contributed by atoms with E-state index in [4.69, 9.17) is 0 Å². The smallest absolute Gasteiger partial charge is 0.00258 e. The van der Waals surface area contributed by atoms with Crippen LogP contribution in [0.15, 0.2) is 24.3 Å². The second-order valence-corrected chi connectivity index (χ2v) is 7.01. The normalized spacial score (nSPS) is 12.4. The van der Waals surface area contributed by atoms with Gasteiger partial charge in [-0.15, -0.1) is 0 Å². The molecule has 19 heavy (non-hydrogen) atoms. The number of benzene rings is 1. The third kappa shape index (κ3) is 5.36. The van der Waals surface area contributed by atoms with Gasteiger partial charge in [0.05, 0.1) is 0 Å². The van der Waals surface area contributed by atoms with E-state index in [0.29, 0.717) is 5.92 Å². The summed E-state index contributed by atoms with van der Waals surface area (Å²) >= 11 is 0. The molecule has 1 rings (SSSR count). The first-order valence-electron chi connectivity index (χ1n) is 7.64. The molecule has 108 valence electrons. The van der Waals surface area contributed by atoms with Gasteiger partial charge in [0.15, 0.2) is 0 Å². The summed E-state index contributed by atoms with van der Waals surface area (Å²) < 4.78 is 0. The quantitative estimate of drug-likeness (QED) is 0.700. The first kappa shape index (κ1) is 16.2. The van der Waals surface area contributed by atoms with E-state index in [1.54, 1.807) is 0 Å². The van der Waals surface area contributed by atoms with E-state index >= 15 is 0 Å². The molecule has 0 atom stereocenters. The average molecular weight is 261 g/mol. The maximum Gasteiger partial charge on any atom is -0.00258 e. The molecule has 0 saturated heterocycles. The average Bonchev–Trinajstić information content (AvgIpc) is 2.34. The zero-order valence-corrected chi connectivity index (χ0v) is 13.6. The lowest BCUT2D eigenvalue weighted by atomic mass is 9.81. The molecule has 1 N–H and O–H groups in total. The van der Waals surface area contributed by atoms with E-state index in [1.807, 2.05) is 0 Å². The minimum Gasteiger partial charge on any atom is -0.316 e. The van der Waals surface area contributed by atoms with Gasteiger partial charge in [0.2, 0.25) is 0 Å². The highest BCUT2D eigenvalue weighted by atomic mass is 14.8. The molecule has 0 aliphatic carbocycles. The Balaban J connectivity index is 2.56. The number of hydrogen-bond acceptors (Lipinski definition) is 1. The molecule has 1 heteroatoms. The second-order valence-electron chi connectivity index (χ2n) is 7.01. The van der Waals surface area contributed by atoms with Crippen LogP contribution in [0, 0.1) is 5.92 Å². The van der Waals surface area contributed by atoms with E-state index in [0.717, 1.165) is 19.0 Å². The minimum absolute atomic E-state index is 0.249. The molecule has 0 amide bonds. The van der Waals surface area contributed by atoms with Gasteiger partial charge in [-0.05, 0) is 47.9 Å². The summed E-state index contributed by atoms with van der Waals surface area (Å²) in [4.78, 5) is 0. The van der Waals surface area contributed by atoms with Crippen LogP contribution in [0.4, 0.5) is 0 Å². The van der Waals surface area contributed by atoms with Gasteiger partial charge in [-0.3, -0.25) is 0 Å². The van der Waals surface area contributed by atoms with Crippen LogP contribution < -0.4 is 5.32 Å². The lowest BCUT2D eigenvalue weighted by Gasteiger charge is -2.26. The van der Waals surface area contributed by atoms with Crippen molar-refractivity contribution in [2.75, 3.05) is 13.1 Å². The SMILES string of the molecule is CC(C)CNCCC(C)(C)c1ccc(C(C)C)cc1. The summed E-state index contributed by atoms with van der Waals surface area (Å²) in [5.41, 5.74) is 3.13. The Labute approximate surface area is 119 Å². The Morgan fingerprint density at radius 3 is 2.05 bits per heavy atom. The van der Waals surface area contributed by atoms with Crippen molar-refractivity contribution >= 4 is 0 Å². The summed E-state index contributed by atoms with van der Waals surface area (Å²) in [5.74, 6) is 1.35. The summed E-state index contributed by atoms with van der Waals surface area (Å²) in [5, 5.41) is 3.54. The maximum atomic E-state index is 3.54. The maximum absolute atomic E-state index is 3.54. The monoisotopic (exact) mass is 261 g/mol. The van der Waals surface area contributed by atoms with Gasteiger partial charge in [0.1, 0.15) is 0 Å². The number of hydrogen-bond donors (Lipinski definition) is 1. The van der Waals surface area contributed by atoms with Gasteiger partial charge in [-0.2, -0.15) is 0 Å². The van der Waals surface area contributed by atoms with Gasteiger partial charge in [0, 0.05) is 0 Å². The summed E-state index contributed by atoms with van der Waals surface area (Å²) in [6, 6.07) is 9.17. The van der Waals surface area contributed by atoms with Crippen molar-refractivity contribution in [3.05, 3.63) is 35.4 Å². The van der Waals surface area contributed by atoms with Gasteiger partial charge in [0.25, 0.3) is 0 Å². The molecule has 0 aliphatic heterocycles. The zero-order chi connectivity index (χ0) is 14.5. The number of rotatable bonds is 7. The molecule has 0 heterocycles. The highest BCUT2D eigenvalue weighted by molar-refractivity contribution is 5.29. The molecule has 1 nitrogen and oxygen atoms in total. The summed E-state index contributed by atoms with van der Waals surface area (Å²) in [6.45, 7) is 15.9. The third-order valence-electron chi connectivity index (χ3n) is 3.84. The van der Waals surface area contributed by atoms with Crippen LogP contribution in [0.3, 0.4) is 0 Å². The van der Waals surface area contributed by atoms with E-state index in [2.05, 4.69) is 71.1 Å². The Morgan fingerprint density at radius 2 is 1.58 bits per heavy atom. The van der Waals surface area contributed by atoms with E-state index < -0.39 is 0 Å². The highest BCUT2D eigenvalue weighted by Crippen LogP contribution is 2.28. The second kappa shape index (κ2) is 7.09. The molecule has 1 aromatic rings. The van der Waals surface area contributed by atoms with Crippen molar-refractivity contribution in [1.82, 2.24) is 5.32 Å². The van der Waals surface area contributed by atoms with Gasteiger partial charge in [-0.25, -0.2) is 0 Å². The van der Waals surface area contributed by atoms with Gasteiger partial charge < -0.3 is 5.32 Å². The van der Waals surface area contributed by atoms with Crippen molar-refractivity contribution in [2.24, 2.45) is 5.92 Å². The van der Waals surface area contributed by atoms with Crippen molar-refractivity contribution in [2.45, 2.75) is 59.3 Å². The Morgan fingerprint density at radius 1 is 1.00 bits per heavy atom. The topological polar surface area (TPSA) is 12.0 Å². The molecule has 0 bridgehead atoms. The summed E-state index contributed by atoms with van der Waals surface area (Å²) in [6.07, 6.45) is 1.18. The fourth-order valence-corrected chi connectivity index (χ4v) is 2.26. The molecule has 0 spiro atoms. The van der Waals surface area contributed by atoms with Gasteiger partial charge >= 0.3 is 0 Å². The van der Waals surface area contributed by atoms with Crippen LogP contribution in [0.25, 0.3) is 0 Å². The first-order chi connectivity index (χ1) is 8.83. The first-order valence-corrected chi connectivity index (χ1v) is 7.64. The predicted molar refractivity (Wildman–Crippen MR) is 85.9 cm³/mol. The Kier molecular flexibility index (Phi) is 6.06. The van der Waals surface area contributed by atoms with Crippen LogP contribution in [-0.2, 0) is 5.41 Å². The standard InChI is InChI=1S/C18H31N/c1-14(2)13-19-12-11-18(5,6)17-9-7-16(8-10-17)15(3)4/h7-10,14-15,19H,11-13H2,1-6H3. The number of nitrogens with one attached hydrogen (secondary N) is 1. The molecule has 0 saturated carbocycles. The van der Waals surface area contributed by atoms with Crippen LogP contribution in [-0.4, -0.2) is 13.1 Å². The molecular formula is C18H31N. The van der Waals surface area contributed by atoms with Gasteiger partial charge in [-0.1, -0.05) is 65.8 Å². The third-order valence-corrected chi connectivity index (χ3v) is 3.84. The molecule has 1 aromatic carbocycles. The molecule has 0 aliphatic rings. The van der Waals surface area contributed by atoms with Crippen LogP contribution >= 0.6 is 0 Å². The Bertz CT molecular complexity index is 360. The van der Waals surface area contributed by atoms with Crippen LogP contribution in [0.2, 0.25) is 0 Å². The van der Waals surface area contributed by atoms with E-state index in [1.165, 1.54) is 17.5 Å². The van der Waals surface area contributed by atoms with Crippen LogP contribution in [0.5, 0.6) is 0 Å². The van der Waals surface area contributed by atoms with E-state index in [9.17, 15) is 0 Å². The van der Waals surface area contributed by atoms with Crippen molar-refractivity contribution < 1.29 is 0 Å². The van der Waals surface area contributed by atoms with Crippen LogP contribution in [0.1, 0.15) is 65.0 Å². The van der Waals surface area contributed by atoms with E-state index in [-0.39, 0.29) is 5.41 Å². The molecule has 0 unspecified atom stereocenters. The highest BCUT2D eigenvalue weighted by Gasteiger charge is 2.20. The van der Waals surface area contributed by atoms with Crippen molar-refractivity contribution in [3.63, 3.8) is 0 Å². The zero-order valence-electron chi connectivity index (χ0n) is 13.6. The Hall–Kier alpha value is -0.820. The fourth-order valence-electron chi connectivity index (χ4n) is 2.26. The lowest BCUT2D eigenvalue weighted by molar-refractivity contribution is 0.442. The summed E-state index contributed by atoms with van der Waals surface area (Å²) in [7, 11) is 0. The fraction of sp³-hybridized carbons (Fsp3) is 0.667.